The Morgan fingerprint density at radius 1 is 0.471 bits per heavy atom. The van der Waals surface area contributed by atoms with Crippen molar-refractivity contribution in [1.82, 2.24) is 9.13 Å². The molecule has 0 fully saturated rings. The third-order valence-electron chi connectivity index (χ3n) is 6.84. The van der Waals surface area contributed by atoms with Crippen LogP contribution in [-0.2, 0) is 0 Å². The van der Waals surface area contributed by atoms with Gasteiger partial charge in [-0.3, -0.25) is 0 Å². The van der Waals surface area contributed by atoms with E-state index in [0.29, 0.717) is 0 Å². The Morgan fingerprint density at radius 2 is 0.941 bits per heavy atom. The number of fused-ring (bicyclic) bond motifs is 6. The second-order valence-corrected chi connectivity index (χ2v) is 9.82. The molecular weight excluding hydrogens is 479 g/mol. The maximum absolute atomic E-state index is 3.59. The predicted octanol–water partition coefficient (Wildman–Crippen LogP) is 6.90. The highest BCUT2D eigenvalue weighted by atomic mass is 79.9. The van der Waals surface area contributed by atoms with E-state index >= 15 is 0 Å². The van der Waals surface area contributed by atoms with Crippen molar-refractivity contribution in [2.24, 2.45) is 0 Å². The molecule has 0 aliphatic rings. The molecule has 0 amide bonds. The second-order valence-electron chi connectivity index (χ2n) is 8.90. The zero-order chi connectivity index (χ0) is 22.8. The van der Waals surface area contributed by atoms with E-state index in [1.165, 1.54) is 54.8 Å². The van der Waals surface area contributed by atoms with Gasteiger partial charge in [0.1, 0.15) is 7.85 Å². The maximum atomic E-state index is 3.59. The molecule has 0 atom stereocenters. The number of para-hydroxylation sites is 2. The first-order valence-corrected chi connectivity index (χ1v) is 12.3. The fourth-order valence-electron chi connectivity index (χ4n) is 5.27. The third kappa shape index (κ3) is 2.82. The number of halogens is 1. The number of hydrogen-bond donors (Lipinski definition) is 0. The van der Waals surface area contributed by atoms with E-state index in [1.807, 2.05) is 0 Å². The molecule has 0 bridgehead atoms. The molecule has 0 aliphatic carbocycles. The first-order valence-electron chi connectivity index (χ1n) is 11.5. The highest BCUT2D eigenvalue weighted by molar-refractivity contribution is 9.10. The lowest BCUT2D eigenvalue weighted by atomic mass is 9.96. The van der Waals surface area contributed by atoms with Gasteiger partial charge in [-0.15, -0.1) is 0 Å². The van der Waals surface area contributed by atoms with Gasteiger partial charge in [0.25, 0.3) is 0 Å². The van der Waals surface area contributed by atoms with Gasteiger partial charge in [-0.05, 0) is 60.7 Å². The van der Waals surface area contributed by atoms with Crippen molar-refractivity contribution in [3.8, 4) is 11.4 Å². The average molecular weight is 499 g/mol. The van der Waals surface area contributed by atoms with Crippen LogP contribution in [0.2, 0.25) is 0 Å². The number of benzene rings is 5. The minimum atomic E-state index is 1.08. The Hall–Kier alpha value is -3.76. The van der Waals surface area contributed by atoms with Crippen molar-refractivity contribution in [2.45, 2.75) is 0 Å². The molecule has 0 radical (unpaired) electrons. The van der Waals surface area contributed by atoms with E-state index in [-0.39, 0.29) is 0 Å². The molecule has 7 aromatic rings. The van der Waals surface area contributed by atoms with Crippen LogP contribution in [0.25, 0.3) is 55.0 Å². The maximum Gasteiger partial charge on any atom is 0.139 e. The van der Waals surface area contributed by atoms with Crippen molar-refractivity contribution < 1.29 is 0 Å². The van der Waals surface area contributed by atoms with Crippen LogP contribution in [0.15, 0.2) is 114 Å². The van der Waals surface area contributed by atoms with Crippen molar-refractivity contribution in [2.75, 3.05) is 0 Å². The van der Waals surface area contributed by atoms with E-state index in [9.17, 15) is 0 Å². The van der Waals surface area contributed by atoms with Gasteiger partial charge in [0.05, 0.1) is 22.1 Å². The summed E-state index contributed by atoms with van der Waals surface area (Å²) in [5.74, 6) is 0. The Morgan fingerprint density at radius 3 is 1.47 bits per heavy atom. The van der Waals surface area contributed by atoms with Gasteiger partial charge < -0.3 is 9.13 Å². The Labute approximate surface area is 206 Å². The first-order chi connectivity index (χ1) is 16.7. The van der Waals surface area contributed by atoms with Crippen LogP contribution >= 0.6 is 15.9 Å². The van der Waals surface area contributed by atoms with E-state index in [2.05, 4.69) is 142 Å². The number of nitrogens with zero attached hydrogens (tertiary/aromatic N) is 2. The number of hydrogen-bond acceptors (Lipinski definition) is 0. The van der Waals surface area contributed by atoms with Crippen LogP contribution in [0.3, 0.4) is 0 Å². The Bertz CT molecular complexity index is 1720. The monoisotopic (exact) mass is 498 g/mol. The normalized spacial score (nSPS) is 11.8. The summed E-state index contributed by atoms with van der Waals surface area (Å²) in [7, 11) is 2.13. The molecule has 160 valence electrons. The summed E-state index contributed by atoms with van der Waals surface area (Å²) < 4.78 is 5.86. The summed E-state index contributed by atoms with van der Waals surface area (Å²) >= 11 is 3.59. The quantitative estimate of drug-likeness (QED) is 0.229. The van der Waals surface area contributed by atoms with Crippen LogP contribution < -0.4 is 5.46 Å². The van der Waals surface area contributed by atoms with Crippen LogP contribution in [0.4, 0.5) is 0 Å². The molecule has 0 unspecified atom stereocenters. The first kappa shape index (κ1) is 19.7. The zero-order valence-corrected chi connectivity index (χ0v) is 20.3. The summed E-state index contributed by atoms with van der Waals surface area (Å²) in [4.78, 5) is 0. The fraction of sp³-hybridized carbons (Fsp3) is 0. The predicted molar refractivity (Wildman–Crippen MR) is 151 cm³/mol. The van der Waals surface area contributed by atoms with Crippen molar-refractivity contribution in [1.29, 1.82) is 0 Å². The second kappa shape index (κ2) is 7.38. The lowest BCUT2D eigenvalue weighted by Crippen LogP contribution is -2.02. The largest absolute Gasteiger partial charge is 0.309 e. The molecule has 0 N–H and O–H groups in total. The van der Waals surface area contributed by atoms with Gasteiger partial charge in [0.15, 0.2) is 0 Å². The van der Waals surface area contributed by atoms with E-state index in [4.69, 9.17) is 0 Å². The smallest absolute Gasteiger partial charge is 0.139 e. The molecule has 0 spiro atoms. The average Bonchev–Trinajstić information content (AvgIpc) is 3.36. The fourth-order valence-corrected chi connectivity index (χ4v) is 5.54. The molecule has 4 heteroatoms. The summed E-state index contributed by atoms with van der Waals surface area (Å²) in [6, 6.07) is 39.6. The Balaban J connectivity index is 1.67. The summed E-state index contributed by atoms with van der Waals surface area (Å²) in [6.45, 7) is 0. The molecule has 5 aromatic carbocycles. The molecular formula is C30H20BBrN2. The number of aromatic nitrogens is 2. The van der Waals surface area contributed by atoms with Gasteiger partial charge in [0, 0.05) is 37.4 Å². The molecule has 2 nitrogen and oxygen atoms in total. The van der Waals surface area contributed by atoms with Crippen LogP contribution in [0.1, 0.15) is 0 Å². The minimum absolute atomic E-state index is 1.08. The highest BCUT2D eigenvalue weighted by Crippen LogP contribution is 2.39. The lowest BCUT2D eigenvalue weighted by molar-refractivity contribution is 1.16. The molecule has 34 heavy (non-hydrogen) atoms. The van der Waals surface area contributed by atoms with Gasteiger partial charge >= 0.3 is 0 Å². The van der Waals surface area contributed by atoms with Crippen molar-refractivity contribution >= 4 is 72.9 Å². The zero-order valence-electron chi connectivity index (χ0n) is 18.7. The summed E-state index contributed by atoms with van der Waals surface area (Å²) in [6.07, 6.45) is 0. The van der Waals surface area contributed by atoms with Crippen LogP contribution in [-0.4, -0.2) is 17.0 Å². The van der Waals surface area contributed by atoms with Gasteiger partial charge in [-0.1, -0.05) is 69.9 Å². The molecule has 0 saturated carbocycles. The van der Waals surface area contributed by atoms with Crippen LogP contribution in [0.5, 0.6) is 0 Å². The standard InChI is InChI=1S/C30H20BBrN2/c31-19-9-13-21(14-10-19)33-27-7-3-1-5-23(27)25-17-26-24-6-2-4-8-28(24)34(30(26)18-29(25)33)22-15-11-20(32)12-16-22/h1-18H,31H2. The van der Waals surface area contributed by atoms with Gasteiger partial charge in [0.2, 0.25) is 0 Å². The molecule has 7 rings (SSSR count). The SMILES string of the molecule is Bc1ccc(-n2c3ccccc3c3cc4c5ccccc5n(-c5ccc(Br)cc5)c4cc32)cc1. The van der Waals surface area contributed by atoms with E-state index < -0.39 is 0 Å². The summed E-state index contributed by atoms with van der Waals surface area (Å²) in [5, 5.41) is 5.11. The van der Waals surface area contributed by atoms with Gasteiger partial charge in [-0.2, -0.15) is 0 Å². The third-order valence-corrected chi connectivity index (χ3v) is 7.37. The highest BCUT2D eigenvalue weighted by Gasteiger charge is 2.18. The van der Waals surface area contributed by atoms with Crippen LogP contribution in [0, 0.1) is 0 Å². The topological polar surface area (TPSA) is 9.86 Å². The van der Waals surface area contributed by atoms with Crippen molar-refractivity contribution in [3.63, 3.8) is 0 Å². The number of rotatable bonds is 2. The van der Waals surface area contributed by atoms with Crippen molar-refractivity contribution in [3.05, 3.63) is 114 Å². The lowest BCUT2D eigenvalue weighted by Gasteiger charge is -2.10. The van der Waals surface area contributed by atoms with E-state index in [0.717, 1.165) is 10.2 Å². The molecule has 2 heterocycles. The molecule has 2 aromatic heterocycles. The van der Waals surface area contributed by atoms with Gasteiger partial charge in [-0.25, -0.2) is 0 Å². The molecule has 0 aliphatic heterocycles. The summed E-state index contributed by atoms with van der Waals surface area (Å²) in [5.41, 5.74) is 8.49. The minimum Gasteiger partial charge on any atom is -0.309 e. The van der Waals surface area contributed by atoms with E-state index in [1.54, 1.807) is 0 Å². The molecule has 0 saturated heterocycles. The Kier molecular flexibility index (Phi) is 4.27.